The van der Waals surface area contributed by atoms with Crippen LogP contribution in [0.4, 0.5) is 0 Å². The second kappa shape index (κ2) is 11.2. The van der Waals surface area contributed by atoms with Gasteiger partial charge in [-0.15, -0.1) is 0 Å². The molecule has 0 aromatic heterocycles. The highest BCUT2D eigenvalue weighted by molar-refractivity contribution is 6.98. The zero-order valence-electron chi connectivity index (χ0n) is 34.1. The smallest absolute Gasteiger partial charge is 0.0667 e. The minimum absolute atomic E-state index is 0.255. The summed E-state index contributed by atoms with van der Waals surface area (Å²) in [6.45, 7) is 20.1. The first kappa shape index (κ1) is 32.9. The first-order chi connectivity index (χ1) is 27.2. The zero-order valence-corrected chi connectivity index (χ0v) is 34.1. The van der Waals surface area contributed by atoms with Gasteiger partial charge in [0.1, 0.15) is 0 Å². The Hall–Kier alpha value is -5.33. The summed E-state index contributed by atoms with van der Waals surface area (Å²) in [6, 6.07) is 33.0. The normalized spacial score (nSPS) is 14.4. The standard InChI is InChI=1S/C54H46B2/c1-27-28(2)30(4)46-45(29(27)3)47-31(5)41-25-39-19-13-17-37-23-35-15-9-11-21-43(35)55(53(37)39)51(41)33(7)49(47)50-34(8)52-42(32(6)48(46)50)26-40-20-14-18-38-24-36-16-10-12-22-44(36)56(52)54(38)40/h9-22H,23-26H2,1-8H3. The van der Waals surface area contributed by atoms with Gasteiger partial charge in [-0.25, -0.2) is 0 Å². The molecule has 0 saturated heterocycles. The van der Waals surface area contributed by atoms with Crippen molar-refractivity contribution in [3.63, 3.8) is 0 Å². The molecule has 0 saturated carbocycles. The molecule has 2 heteroatoms. The molecule has 0 aliphatic carbocycles. The molecule has 0 amide bonds. The van der Waals surface area contributed by atoms with Crippen molar-refractivity contribution in [2.45, 2.75) is 81.1 Å². The molecule has 56 heavy (non-hydrogen) atoms. The number of aryl methyl sites for hydroxylation is 6. The largest absolute Gasteiger partial charge is 0.243 e. The molecular weight excluding hydrogens is 670 g/mol. The summed E-state index contributed by atoms with van der Waals surface area (Å²) in [5.74, 6) is 0. The molecule has 8 aromatic carbocycles. The van der Waals surface area contributed by atoms with Gasteiger partial charge < -0.3 is 0 Å². The van der Waals surface area contributed by atoms with E-state index in [9.17, 15) is 0 Å². The summed E-state index contributed by atoms with van der Waals surface area (Å²) in [6.07, 6.45) is 4.06. The maximum absolute atomic E-state index is 2.51. The Balaban J connectivity index is 1.32. The third-order valence-corrected chi connectivity index (χ3v) is 15.8. The van der Waals surface area contributed by atoms with Crippen LogP contribution in [0, 0.1) is 55.4 Å². The van der Waals surface area contributed by atoms with Crippen LogP contribution in [0.25, 0.3) is 32.3 Å². The second-order valence-electron chi connectivity index (χ2n) is 18.0. The Morgan fingerprint density at radius 2 is 0.607 bits per heavy atom. The van der Waals surface area contributed by atoms with Crippen LogP contribution in [0.5, 0.6) is 0 Å². The lowest BCUT2D eigenvalue weighted by Crippen LogP contribution is -2.62. The van der Waals surface area contributed by atoms with E-state index in [0.29, 0.717) is 0 Å². The van der Waals surface area contributed by atoms with E-state index < -0.39 is 0 Å². The van der Waals surface area contributed by atoms with Gasteiger partial charge in [-0.3, -0.25) is 0 Å². The van der Waals surface area contributed by atoms with Crippen LogP contribution in [0.2, 0.25) is 0 Å². The molecule has 12 rings (SSSR count). The number of rotatable bonds is 0. The van der Waals surface area contributed by atoms with Crippen LogP contribution >= 0.6 is 0 Å². The van der Waals surface area contributed by atoms with Crippen molar-refractivity contribution < 1.29 is 0 Å². The second-order valence-corrected chi connectivity index (χ2v) is 18.0. The lowest BCUT2D eigenvalue weighted by atomic mass is 9.29. The quantitative estimate of drug-likeness (QED) is 0.110. The van der Waals surface area contributed by atoms with Gasteiger partial charge in [-0.1, -0.05) is 118 Å². The third-order valence-electron chi connectivity index (χ3n) is 15.8. The summed E-state index contributed by atoms with van der Waals surface area (Å²) >= 11 is 0. The molecule has 268 valence electrons. The van der Waals surface area contributed by atoms with Crippen LogP contribution < -0.4 is 32.8 Å². The maximum atomic E-state index is 2.51. The topological polar surface area (TPSA) is 0 Å². The predicted octanol–water partition coefficient (Wildman–Crippen LogP) is 8.26. The van der Waals surface area contributed by atoms with Crippen molar-refractivity contribution in [3.8, 4) is 0 Å². The highest BCUT2D eigenvalue weighted by atomic mass is 14.3. The Labute approximate surface area is 332 Å². The van der Waals surface area contributed by atoms with Gasteiger partial charge in [0.05, 0.1) is 0 Å². The van der Waals surface area contributed by atoms with Crippen molar-refractivity contribution in [2.24, 2.45) is 0 Å². The van der Waals surface area contributed by atoms with Gasteiger partial charge in [0.15, 0.2) is 0 Å². The molecule has 0 nitrogen and oxygen atoms in total. The molecule has 0 N–H and O–H groups in total. The molecule has 4 heterocycles. The lowest BCUT2D eigenvalue weighted by Gasteiger charge is -2.38. The zero-order chi connectivity index (χ0) is 38.0. The van der Waals surface area contributed by atoms with Crippen molar-refractivity contribution in [1.29, 1.82) is 0 Å². The van der Waals surface area contributed by atoms with E-state index in [1.54, 1.807) is 33.0 Å². The summed E-state index contributed by atoms with van der Waals surface area (Å²) in [5.41, 5.74) is 33.2. The van der Waals surface area contributed by atoms with Gasteiger partial charge >= 0.3 is 0 Å². The summed E-state index contributed by atoms with van der Waals surface area (Å²) in [5, 5.41) is 8.99. The summed E-state index contributed by atoms with van der Waals surface area (Å²) in [4.78, 5) is 0. The van der Waals surface area contributed by atoms with Crippen LogP contribution in [0.15, 0.2) is 84.9 Å². The van der Waals surface area contributed by atoms with Crippen LogP contribution in [0.1, 0.15) is 89.0 Å². The number of fused-ring (bicyclic) bond motifs is 14. The SMILES string of the molecule is Cc1c(C)c(C)c2c(c1C)c1c(C)c3c(c(C)c1c1c(C)c4c(c(C)c21)Cc1cccc2c1B4c1ccccc1C2)B1c2ccccc2Cc2cccc(c21)C3. The summed E-state index contributed by atoms with van der Waals surface area (Å²) in [7, 11) is 0. The fourth-order valence-electron chi connectivity index (χ4n) is 12.9. The van der Waals surface area contributed by atoms with Gasteiger partial charge in [-0.2, -0.15) is 0 Å². The Morgan fingerprint density at radius 1 is 0.286 bits per heavy atom. The molecule has 8 aromatic rings. The molecule has 0 fully saturated rings. The molecule has 4 aliphatic heterocycles. The molecule has 0 atom stereocenters. The van der Waals surface area contributed by atoms with E-state index in [4.69, 9.17) is 0 Å². The van der Waals surface area contributed by atoms with E-state index in [0.717, 1.165) is 25.7 Å². The minimum Gasteiger partial charge on any atom is -0.0667 e. The molecule has 0 bridgehead atoms. The van der Waals surface area contributed by atoms with Crippen molar-refractivity contribution >= 4 is 78.5 Å². The fraction of sp³-hybridized carbons (Fsp3) is 0.222. The average molecular weight is 717 g/mol. The van der Waals surface area contributed by atoms with Crippen molar-refractivity contribution in [3.05, 3.63) is 174 Å². The van der Waals surface area contributed by atoms with E-state index in [1.165, 1.54) is 121 Å². The van der Waals surface area contributed by atoms with E-state index in [2.05, 4.69) is 140 Å². The van der Waals surface area contributed by atoms with Crippen molar-refractivity contribution in [1.82, 2.24) is 0 Å². The molecule has 0 spiro atoms. The monoisotopic (exact) mass is 716 g/mol. The minimum atomic E-state index is 0.255. The van der Waals surface area contributed by atoms with E-state index in [1.807, 2.05) is 0 Å². The first-order valence-electron chi connectivity index (χ1n) is 21.0. The van der Waals surface area contributed by atoms with Crippen molar-refractivity contribution in [2.75, 3.05) is 0 Å². The van der Waals surface area contributed by atoms with Gasteiger partial charge in [0.25, 0.3) is 0 Å². The average Bonchev–Trinajstić information content (AvgIpc) is 3.22. The number of hydrogen-bond acceptors (Lipinski definition) is 0. The highest BCUT2D eigenvalue weighted by Crippen LogP contribution is 2.47. The van der Waals surface area contributed by atoms with Gasteiger partial charge in [-0.05, 0) is 202 Å². The molecule has 0 radical (unpaired) electrons. The first-order valence-corrected chi connectivity index (χ1v) is 21.0. The van der Waals surface area contributed by atoms with Crippen LogP contribution in [0.3, 0.4) is 0 Å². The highest BCUT2D eigenvalue weighted by Gasteiger charge is 2.42. The Kier molecular flexibility index (Phi) is 6.55. The number of benzene rings is 8. The van der Waals surface area contributed by atoms with Gasteiger partial charge in [0, 0.05) is 0 Å². The summed E-state index contributed by atoms with van der Waals surface area (Å²) < 4.78 is 0. The molecular formula is C54H46B2. The molecule has 4 aliphatic rings. The Bertz CT molecular complexity index is 2960. The maximum Gasteiger partial charge on any atom is 0.243 e. The number of hydrogen-bond donors (Lipinski definition) is 0. The Morgan fingerprint density at radius 3 is 1.02 bits per heavy atom. The van der Waals surface area contributed by atoms with Crippen LogP contribution in [-0.4, -0.2) is 13.4 Å². The predicted molar refractivity (Wildman–Crippen MR) is 243 cm³/mol. The van der Waals surface area contributed by atoms with E-state index in [-0.39, 0.29) is 13.4 Å². The van der Waals surface area contributed by atoms with Gasteiger partial charge in [0.2, 0.25) is 13.4 Å². The fourth-order valence-corrected chi connectivity index (χ4v) is 12.9. The third kappa shape index (κ3) is 3.89. The molecule has 0 unspecified atom stereocenters. The van der Waals surface area contributed by atoms with E-state index >= 15 is 0 Å². The van der Waals surface area contributed by atoms with Crippen LogP contribution in [-0.2, 0) is 25.7 Å². The lowest BCUT2D eigenvalue weighted by molar-refractivity contribution is 1.13.